The quantitative estimate of drug-likeness (QED) is 0.0322. The number of unbranched alkanes of at least 4 members (excludes halogenated alkanes) is 30. The van der Waals surface area contributed by atoms with Gasteiger partial charge in [0.25, 0.3) is 0 Å². The monoisotopic (exact) mass is 583 g/mol. The van der Waals surface area contributed by atoms with Gasteiger partial charge in [0.2, 0.25) is 0 Å². The van der Waals surface area contributed by atoms with Crippen LogP contribution in [0.5, 0.6) is 0 Å². The number of carbonyl (C=O) groups is 1. The predicted molar refractivity (Wildman–Crippen MR) is 177 cm³/mol. The molecular formula is C37H74O4. The maximum Gasteiger partial charge on any atom is 0.540 e. The Morgan fingerprint density at radius 1 is 0.341 bits per heavy atom. The molecule has 0 unspecified atom stereocenters. The van der Waals surface area contributed by atoms with Gasteiger partial charge in [-0.2, -0.15) is 4.89 Å². The summed E-state index contributed by atoms with van der Waals surface area (Å²) in [6.45, 7) is 5.46. The van der Waals surface area contributed by atoms with Crippen LogP contribution in [0.3, 0.4) is 0 Å². The van der Waals surface area contributed by atoms with Crippen molar-refractivity contribution in [2.45, 2.75) is 219 Å². The smallest absolute Gasteiger partial charge is 0.432 e. The Morgan fingerprint density at radius 2 is 0.585 bits per heavy atom. The molecule has 4 heteroatoms. The molecule has 0 saturated carbocycles. The molecule has 246 valence electrons. The molecule has 0 aliphatic carbocycles. The van der Waals surface area contributed by atoms with Gasteiger partial charge < -0.3 is 4.74 Å². The van der Waals surface area contributed by atoms with Gasteiger partial charge in [-0.25, -0.2) is 4.79 Å². The maximum absolute atomic E-state index is 11.6. The van der Waals surface area contributed by atoms with E-state index in [2.05, 4.69) is 13.8 Å². The minimum absolute atomic E-state index is 0.430. The van der Waals surface area contributed by atoms with E-state index in [0.29, 0.717) is 13.2 Å². The van der Waals surface area contributed by atoms with Crippen molar-refractivity contribution in [3.63, 3.8) is 0 Å². The average molecular weight is 583 g/mol. The summed E-state index contributed by atoms with van der Waals surface area (Å²) in [7, 11) is 0. The number of ether oxygens (including phenoxy) is 1. The largest absolute Gasteiger partial charge is 0.540 e. The molecule has 0 aromatic carbocycles. The lowest BCUT2D eigenvalue weighted by atomic mass is 10.0. The van der Waals surface area contributed by atoms with Gasteiger partial charge in [0.15, 0.2) is 0 Å². The average Bonchev–Trinajstić information content (AvgIpc) is 2.98. The number of carbonyl (C=O) groups excluding carboxylic acids is 1. The molecule has 0 radical (unpaired) electrons. The van der Waals surface area contributed by atoms with Gasteiger partial charge in [-0.05, 0) is 12.8 Å². The second-order valence-corrected chi connectivity index (χ2v) is 12.6. The van der Waals surface area contributed by atoms with Crippen LogP contribution in [-0.4, -0.2) is 19.4 Å². The zero-order valence-corrected chi connectivity index (χ0v) is 28.2. The van der Waals surface area contributed by atoms with Crippen molar-refractivity contribution < 1.29 is 19.3 Å². The Kier molecular flexibility index (Phi) is 36.6. The zero-order chi connectivity index (χ0) is 29.7. The van der Waals surface area contributed by atoms with E-state index in [1.807, 2.05) is 0 Å². The zero-order valence-electron chi connectivity index (χ0n) is 28.2. The molecule has 0 rings (SSSR count). The fourth-order valence-corrected chi connectivity index (χ4v) is 5.63. The Bertz CT molecular complexity index is 482. The number of hydrogen-bond donors (Lipinski definition) is 0. The van der Waals surface area contributed by atoms with Crippen LogP contribution in [0.25, 0.3) is 0 Å². The third kappa shape index (κ3) is 37.2. The predicted octanol–water partition coefficient (Wildman–Crippen LogP) is 13.6. The van der Waals surface area contributed by atoms with Crippen molar-refractivity contribution in [1.82, 2.24) is 0 Å². The first-order valence-electron chi connectivity index (χ1n) is 18.8. The molecule has 0 amide bonds. The molecule has 41 heavy (non-hydrogen) atoms. The summed E-state index contributed by atoms with van der Waals surface area (Å²) in [4.78, 5) is 21.4. The second kappa shape index (κ2) is 37.3. The molecule has 0 aliphatic rings. The maximum atomic E-state index is 11.6. The number of rotatable bonds is 35. The first-order chi connectivity index (χ1) is 20.3. The lowest BCUT2D eigenvalue weighted by molar-refractivity contribution is -0.255. The Hall–Kier alpha value is -0.770. The molecule has 0 aromatic heterocycles. The standard InChI is InChI=1S/C37H74O4/c1-3-5-7-9-11-13-15-17-19-21-23-25-27-29-31-33-35-39-37(38)41-40-36-34-32-30-28-26-24-22-20-18-16-14-12-10-8-6-4-2/h3-36H2,1-2H3. The topological polar surface area (TPSA) is 44.8 Å². The first kappa shape index (κ1) is 40.2. The van der Waals surface area contributed by atoms with Gasteiger partial charge in [-0.3, -0.25) is 4.89 Å². The van der Waals surface area contributed by atoms with Crippen molar-refractivity contribution in [2.24, 2.45) is 0 Å². The highest BCUT2D eigenvalue weighted by atomic mass is 17.2. The van der Waals surface area contributed by atoms with Crippen LogP contribution in [0.1, 0.15) is 219 Å². The third-order valence-electron chi connectivity index (χ3n) is 8.43. The lowest BCUT2D eigenvalue weighted by Crippen LogP contribution is -2.09. The molecule has 0 N–H and O–H groups in total. The molecule has 0 aliphatic heterocycles. The molecule has 0 aromatic rings. The molecule has 0 heterocycles. The first-order valence-corrected chi connectivity index (χ1v) is 18.8. The van der Waals surface area contributed by atoms with Crippen LogP contribution in [0.2, 0.25) is 0 Å². The van der Waals surface area contributed by atoms with E-state index in [9.17, 15) is 4.79 Å². The summed E-state index contributed by atoms with van der Waals surface area (Å²) in [6, 6.07) is 0. The minimum Gasteiger partial charge on any atom is -0.432 e. The summed E-state index contributed by atoms with van der Waals surface area (Å²) in [5.74, 6) is 0. The molecule has 0 spiro atoms. The Labute approximate surface area is 257 Å². The van der Waals surface area contributed by atoms with Gasteiger partial charge in [0, 0.05) is 0 Å². The molecule has 0 saturated heterocycles. The van der Waals surface area contributed by atoms with Crippen molar-refractivity contribution >= 4 is 6.16 Å². The lowest BCUT2D eigenvalue weighted by Gasteiger charge is -2.06. The van der Waals surface area contributed by atoms with Crippen LogP contribution >= 0.6 is 0 Å². The van der Waals surface area contributed by atoms with Gasteiger partial charge in [-0.1, -0.05) is 206 Å². The summed E-state index contributed by atoms with van der Waals surface area (Å²) in [5, 5.41) is 0. The highest BCUT2D eigenvalue weighted by molar-refractivity contribution is 5.58. The van der Waals surface area contributed by atoms with Crippen molar-refractivity contribution in [3.8, 4) is 0 Å². The van der Waals surface area contributed by atoms with Crippen molar-refractivity contribution in [3.05, 3.63) is 0 Å². The van der Waals surface area contributed by atoms with Gasteiger partial charge >= 0.3 is 6.16 Å². The molecule has 0 bridgehead atoms. The van der Waals surface area contributed by atoms with Gasteiger partial charge in [0.05, 0.1) is 13.2 Å². The van der Waals surface area contributed by atoms with E-state index in [1.54, 1.807) is 0 Å². The summed E-state index contributed by atoms with van der Waals surface area (Å²) < 4.78 is 5.11. The highest BCUT2D eigenvalue weighted by Crippen LogP contribution is 2.15. The van der Waals surface area contributed by atoms with Crippen molar-refractivity contribution in [1.29, 1.82) is 0 Å². The Morgan fingerprint density at radius 3 is 0.878 bits per heavy atom. The highest BCUT2D eigenvalue weighted by Gasteiger charge is 2.05. The fourth-order valence-electron chi connectivity index (χ4n) is 5.63. The SMILES string of the molecule is CCCCCCCCCCCCCCCCCCOOC(=O)OCCCCCCCCCCCCCCCCCC. The van der Waals surface area contributed by atoms with E-state index >= 15 is 0 Å². The number of hydrogen-bond acceptors (Lipinski definition) is 4. The summed E-state index contributed by atoms with van der Waals surface area (Å²) in [6.07, 6.45) is 42.2. The fraction of sp³-hybridized carbons (Fsp3) is 0.973. The van der Waals surface area contributed by atoms with Crippen LogP contribution in [0.4, 0.5) is 4.79 Å². The molecule has 0 fully saturated rings. The van der Waals surface area contributed by atoms with Gasteiger partial charge in [0.1, 0.15) is 0 Å². The Balaban J connectivity index is 3.14. The molecule has 4 nitrogen and oxygen atoms in total. The van der Waals surface area contributed by atoms with Crippen LogP contribution < -0.4 is 0 Å². The van der Waals surface area contributed by atoms with E-state index < -0.39 is 6.16 Å². The van der Waals surface area contributed by atoms with Crippen molar-refractivity contribution in [2.75, 3.05) is 13.2 Å². The third-order valence-corrected chi connectivity index (χ3v) is 8.43. The van der Waals surface area contributed by atoms with E-state index in [1.165, 1.54) is 180 Å². The van der Waals surface area contributed by atoms with E-state index in [0.717, 1.165) is 25.7 Å². The van der Waals surface area contributed by atoms with Crippen LogP contribution in [0.15, 0.2) is 0 Å². The normalized spacial score (nSPS) is 11.3. The summed E-state index contributed by atoms with van der Waals surface area (Å²) >= 11 is 0. The van der Waals surface area contributed by atoms with Crippen LogP contribution in [0, 0.1) is 0 Å². The second-order valence-electron chi connectivity index (χ2n) is 12.6. The molecule has 0 atom stereocenters. The van der Waals surface area contributed by atoms with E-state index in [4.69, 9.17) is 14.5 Å². The van der Waals surface area contributed by atoms with Gasteiger partial charge in [-0.15, -0.1) is 0 Å². The molecular weight excluding hydrogens is 508 g/mol. The minimum atomic E-state index is -0.692. The van der Waals surface area contributed by atoms with E-state index in [-0.39, 0.29) is 0 Å². The summed E-state index contributed by atoms with van der Waals surface area (Å²) in [5.41, 5.74) is 0. The van der Waals surface area contributed by atoms with Crippen LogP contribution in [-0.2, 0) is 14.5 Å².